The Labute approximate surface area is 168 Å². The summed E-state index contributed by atoms with van der Waals surface area (Å²) in [6, 6.07) is 17.6. The zero-order valence-electron chi connectivity index (χ0n) is 15.7. The van der Waals surface area contributed by atoms with E-state index in [2.05, 4.69) is 16.9 Å². The SMILES string of the molecule is CCCN(C=O)c1ccccc1.Nc1csc2nc(-c3cccnc3)ccc12. The second-order valence-corrected chi connectivity index (χ2v) is 6.97. The molecule has 0 bridgehead atoms. The van der Waals surface area contributed by atoms with Crippen molar-refractivity contribution in [2.24, 2.45) is 0 Å². The van der Waals surface area contributed by atoms with Crippen LogP contribution in [0.25, 0.3) is 21.5 Å². The van der Waals surface area contributed by atoms with E-state index in [1.54, 1.807) is 22.4 Å². The zero-order valence-corrected chi connectivity index (χ0v) is 16.5. The number of benzene rings is 1. The summed E-state index contributed by atoms with van der Waals surface area (Å²) in [5.74, 6) is 0. The van der Waals surface area contributed by atoms with Crippen LogP contribution in [0.5, 0.6) is 0 Å². The van der Waals surface area contributed by atoms with E-state index in [9.17, 15) is 4.79 Å². The van der Waals surface area contributed by atoms with Crippen LogP contribution in [0, 0.1) is 0 Å². The van der Waals surface area contributed by atoms with Crippen LogP contribution in [0.4, 0.5) is 11.4 Å². The molecule has 4 rings (SSSR count). The van der Waals surface area contributed by atoms with E-state index in [1.165, 1.54) is 0 Å². The normalized spacial score (nSPS) is 10.2. The third kappa shape index (κ3) is 4.72. The maximum absolute atomic E-state index is 10.6. The topological polar surface area (TPSA) is 72.1 Å². The molecule has 142 valence electrons. The smallest absolute Gasteiger partial charge is 0.214 e. The van der Waals surface area contributed by atoms with Crippen molar-refractivity contribution in [3.8, 4) is 11.3 Å². The Hall–Kier alpha value is -3.25. The van der Waals surface area contributed by atoms with Gasteiger partial charge in [-0.15, -0.1) is 11.3 Å². The minimum absolute atomic E-state index is 0.785. The van der Waals surface area contributed by atoms with Crippen LogP contribution < -0.4 is 10.6 Å². The Balaban J connectivity index is 0.000000169. The van der Waals surface area contributed by atoms with Gasteiger partial charge in [-0.25, -0.2) is 4.98 Å². The molecule has 4 aromatic rings. The summed E-state index contributed by atoms with van der Waals surface area (Å²) >= 11 is 1.57. The van der Waals surface area contributed by atoms with Gasteiger partial charge in [-0.05, 0) is 42.8 Å². The highest BCUT2D eigenvalue weighted by Crippen LogP contribution is 2.28. The van der Waals surface area contributed by atoms with Crippen molar-refractivity contribution in [2.75, 3.05) is 17.2 Å². The summed E-state index contributed by atoms with van der Waals surface area (Å²) in [6.45, 7) is 2.84. The molecule has 5 nitrogen and oxygen atoms in total. The number of para-hydroxylation sites is 1. The van der Waals surface area contributed by atoms with E-state index in [0.717, 1.165) is 52.2 Å². The molecule has 2 N–H and O–H groups in total. The summed E-state index contributed by atoms with van der Waals surface area (Å²) < 4.78 is 0. The fraction of sp³-hybridized carbons (Fsp3) is 0.136. The molecule has 0 fully saturated rings. The Bertz CT molecular complexity index is 1020. The summed E-state index contributed by atoms with van der Waals surface area (Å²) in [6.07, 6.45) is 5.42. The molecule has 1 aromatic carbocycles. The lowest BCUT2D eigenvalue weighted by Gasteiger charge is -2.15. The summed E-state index contributed by atoms with van der Waals surface area (Å²) in [5.41, 5.74) is 9.54. The van der Waals surface area contributed by atoms with Gasteiger partial charge < -0.3 is 10.6 Å². The summed E-state index contributed by atoms with van der Waals surface area (Å²) in [5, 5.41) is 2.95. The van der Waals surface area contributed by atoms with Gasteiger partial charge in [0.15, 0.2) is 0 Å². The van der Waals surface area contributed by atoms with E-state index in [4.69, 9.17) is 5.73 Å². The third-order valence-corrected chi connectivity index (χ3v) is 5.01. The second-order valence-electron chi connectivity index (χ2n) is 6.12. The largest absolute Gasteiger partial charge is 0.398 e. The predicted octanol–water partition coefficient (Wildman–Crippen LogP) is 5.00. The molecule has 28 heavy (non-hydrogen) atoms. The number of thiophene rings is 1. The van der Waals surface area contributed by atoms with Crippen LogP contribution in [0.3, 0.4) is 0 Å². The number of nitrogen functional groups attached to an aromatic ring is 1. The minimum atomic E-state index is 0.785. The van der Waals surface area contributed by atoms with Crippen LogP contribution in [0.1, 0.15) is 13.3 Å². The maximum atomic E-state index is 10.6. The number of nitrogens with zero attached hydrogens (tertiary/aromatic N) is 3. The number of pyridine rings is 2. The van der Waals surface area contributed by atoms with Crippen LogP contribution in [0.15, 0.2) is 72.4 Å². The standard InChI is InChI=1S/C12H9N3S.C10H13NO/c13-10-7-16-12-9(10)3-4-11(15-12)8-2-1-5-14-6-8;1-2-8-11(9-12)10-6-4-3-5-7-10/h1-7H,13H2;3-7,9H,2,8H2,1H3. The van der Waals surface area contributed by atoms with Gasteiger partial charge in [-0.2, -0.15) is 0 Å². The number of carbonyl (C=O) groups is 1. The Morgan fingerprint density at radius 3 is 2.61 bits per heavy atom. The summed E-state index contributed by atoms with van der Waals surface area (Å²) in [4.78, 5) is 22.0. The number of nitrogens with two attached hydrogens (primary N) is 1. The monoisotopic (exact) mass is 390 g/mol. The molecule has 1 amide bonds. The molecule has 0 aliphatic rings. The molecule has 0 unspecified atom stereocenters. The highest BCUT2D eigenvalue weighted by molar-refractivity contribution is 7.17. The number of fused-ring (bicyclic) bond motifs is 1. The first kappa shape index (κ1) is 19.5. The molecular formula is C22H22N4OS. The Morgan fingerprint density at radius 2 is 1.93 bits per heavy atom. The van der Waals surface area contributed by atoms with Gasteiger partial charge >= 0.3 is 0 Å². The molecule has 0 spiro atoms. The number of hydrogen-bond donors (Lipinski definition) is 1. The number of hydrogen-bond acceptors (Lipinski definition) is 5. The first-order valence-electron chi connectivity index (χ1n) is 9.04. The van der Waals surface area contributed by atoms with Gasteiger partial charge in [0.2, 0.25) is 6.41 Å². The second kappa shape index (κ2) is 9.62. The van der Waals surface area contributed by atoms with E-state index in [1.807, 2.05) is 66.2 Å². The number of carbonyl (C=O) groups excluding carboxylic acids is 1. The molecule has 3 aromatic heterocycles. The van der Waals surface area contributed by atoms with E-state index in [0.29, 0.717) is 0 Å². The Kier molecular flexibility index (Phi) is 6.70. The average Bonchev–Trinajstić information content (AvgIpc) is 3.14. The maximum Gasteiger partial charge on any atom is 0.214 e. The number of aromatic nitrogens is 2. The van der Waals surface area contributed by atoms with Crippen LogP contribution in [-0.2, 0) is 4.79 Å². The van der Waals surface area contributed by atoms with E-state index in [-0.39, 0.29) is 0 Å². The minimum Gasteiger partial charge on any atom is -0.398 e. The first-order chi connectivity index (χ1) is 13.7. The predicted molar refractivity (Wildman–Crippen MR) is 117 cm³/mol. The molecule has 0 radical (unpaired) electrons. The quantitative estimate of drug-likeness (QED) is 0.487. The third-order valence-electron chi connectivity index (χ3n) is 4.11. The zero-order chi connectivity index (χ0) is 19.8. The molecule has 0 aliphatic heterocycles. The highest BCUT2D eigenvalue weighted by atomic mass is 32.1. The molecule has 0 saturated carbocycles. The van der Waals surface area contributed by atoms with Gasteiger partial charge in [0.05, 0.1) is 11.4 Å². The lowest BCUT2D eigenvalue weighted by atomic mass is 10.2. The molecule has 0 aliphatic carbocycles. The molecule has 0 atom stereocenters. The number of amides is 1. The van der Waals surface area contributed by atoms with Gasteiger partial charge in [0.25, 0.3) is 0 Å². The van der Waals surface area contributed by atoms with Gasteiger partial charge in [0.1, 0.15) is 4.83 Å². The lowest BCUT2D eigenvalue weighted by Crippen LogP contribution is -2.21. The van der Waals surface area contributed by atoms with Crippen LogP contribution in [0.2, 0.25) is 0 Å². The fourth-order valence-electron chi connectivity index (χ4n) is 2.71. The van der Waals surface area contributed by atoms with E-state index < -0.39 is 0 Å². The van der Waals surface area contributed by atoms with Crippen molar-refractivity contribution in [1.29, 1.82) is 0 Å². The molecule has 6 heteroatoms. The van der Waals surface area contributed by atoms with Gasteiger partial charge in [0, 0.05) is 41.0 Å². The number of rotatable bonds is 5. The van der Waals surface area contributed by atoms with Gasteiger partial charge in [-0.3, -0.25) is 9.78 Å². The molecule has 0 saturated heterocycles. The van der Waals surface area contributed by atoms with Crippen molar-refractivity contribution in [3.63, 3.8) is 0 Å². The highest BCUT2D eigenvalue weighted by Gasteiger charge is 2.05. The van der Waals surface area contributed by atoms with E-state index >= 15 is 0 Å². The van der Waals surface area contributed by atoms with Gasteiger partial charge in [-0.1, -0.05) is 25.1 Å². The van der Waals surface area contributed by atoms with Crippen LogP contribution >= 0.6 is 11.3 Å². The van der Waals surface area contributed by atoms with Crippen LogP contribution in [-0.4, -0.2) is 22.9 Å². The first-order valence-corrected chi connectivity index (χ1v) is 9.92. The van der Waals surface area contributed by atoms with Crippen molar-refractivity contribution in [2.45, 2.75) is 13.3 Å². The Morgan fingerprint density at radius 1 is 1.11 bits per heavy atom. The fourth-order valence-corrected chi connectivity index (χ4v) is 3.54. The number of anilines is 2. The average molecular weight is 391 g/mol. The van der Waals surface area contributed by atoms with Crippen molar-refractivity contribution in [3.05, 3.63) is 72.4 Å². The van der Waals surface area contributed by atoms with Crippen molar-refractivity contribution < 1.29 is 4.79 Å². The van der Waals surface area contributed by atoms with Crippen molar-refractivity contribution in [1.82, 2.24) is 9.97 Å². The van der Waals surface area contributed by atoms with Crippen molar-refractivity contribution >= 4 is 39.3 Å². The molecule has 3 heterocycles. The summed E-state index contributed by atoms with van der Waals surface area (Å²) in [7, 11) is 0. The lowest BCUT2D eigenvalue weighted by molar-refractivity contribution is -0.107. The molecular weight excluding hydrogens is 368 g/mol.